The standard InChI is InChI=1S/C13H30N2O2/c1-7-16-13(17-8-2)9-14-12(11(3)4)10-15(5)6/h11-14H,7-10H2,1-6H3. The van der Waals surface area contributed by atoms with Gasteiger partial charge in [0, 0.05) is 32.3 Å². The second kappa shape index (κ2) is 9.83. The van der Waals surface area contributed by atoms with E-state index >= 15 is 0 Å². The number of hydrogen-bond donors (Lipinski definition) is 1. The number of likely N-dealkylation sites (N-methyl/N-ethyl adjacent to an activating group) is 1. The molecule has 0 amide bonds. The second-order valence-corrected chi connectivity index (χ2v) is 4.86. The van der Waals surface area contributed by atoms with Crippen LogP contribution in [-0.2, 0) is 9.47 Å². The van der Waals surface area contributed by atoms with Gasteiger partial charge in [-0.25, -0.2) is 0 Å². The lowest BCUT2D eigenvalue weighted by atomic mass is 10.0. The van der Waals surface area contributed by atoms with E-state index in [2.05, 4.69) is 38.2 Å². The first-order valence-corrected chi connectivity index (χ1v) is 6.62. The van der Waals surface area contributed by atoms with E-state index in [1.54, 1.807) is 0 Å². The van der Waals surface area contributed by atoms with Crippen molar-refractivity contribution in [3.63, 3.8) is 0 Å². The molecule has 0 fully saturated rings. The van der Waals surface area contributed by atoms with Crippen molar-refractivity contribution in [1.82, 2.24) is 10.2 Å². The minimum atomic E-state index is -0.131. The normalized spacial score (nSPS) is 13.9. The van der Waals surface area contributed by atoms with Gasteiger partial charge in [0.2, 0.25) is 0 Å². The molecule has 0 radical (unpaired) electrons. The molecule has 0 aliphatic heterocycles. The molecule has 1 N–H and O–H groups in total. The van der Waals surface area contributed by atoms with Gasteiger partial charge in [-0.3, -0.25) is 0 Å². The van der Waals surface area contributed by atoms with Crippen LogP contribution in [0.15, 0.2) is 0 Å². The Bertz CT molecular complexity index is 169. The SMILES string of the molecule is CCOC(CNC(CN(C)C)C(C)C)OCC. The number of nitrogens with one attached hydrogen (secondary N) is 1. The molecule has 0 spiro atoms. The molecule has 0 aromatic heterocycles. The average Bonchev–Trinajstić information content (AvgIpc) is 2.23. The van der Waals surface area contributed by atoms with Gasteiger partial charge in [0.1, 0.15) is 0 Å². The lowest BCUT2D eigenvalue weighted by Gasteiger charge is -2.27. The van der Waals surface area contributed by atoms with Crippen LogP contribution in [0.4, 0.5) is 0 Å². The van der Waals surface area contributed by atoms with Gasteiger partial charge in [0.05, 0.1) is 0 Å². The highest BCUT2D eigenvalue weighted by Gasteiger charge is 2.16. The van der Waals surface area contributed by atoms with Crippen LogP contribution in [0.1, 0.15) is 27.7 Å². The Labute approximate surface area is 107 Å². The third kappa shape index (κ3) is 8.55. The number of rotatable bonds is 10. The Morgan fingerprint density at radius 3 is 1.94 bits per heavy atom. The third-order valence-electron chi connectivity index (χ3n) is 2.62. The van der Waals surface area contributed by atoms with Crippen LogP contribution in [0.2, 0.25) is 0 Å². The molecule has 0 aromatic carbocycles. The summed E-state index contributed by atoms with van der Waals surface area (Å²) in [6.45, 7) is 11.6. The first-order valence-electron chi connectivity index (χ1n) is 6.62. The van der Waals surface area contributed by atoms with Crippen molar-refractivity contribution in [2.24, 2.45) is 5.92 Å². The Morgan fingerprint density at radius 1 is 1.06 bits per heavy atom. The summed E-state index contributed by atoms with van der Waals surface area (Å²) in [5.74, 6) is 0.598. The maximum Gasteiger partial charge on any atom is 0.169 e. The van der Waals surface area contributed by atoms with E-state index in [1.165, 1.54) is 0 Å². The summed E-state index contributed by atoms with van der Waals surface area (Å²) in [6.07, 6.45) is -0.131. The zero-order valence-corrected chi connectivity index (χ0v) is 12.3. The van der Waals surface area contributed by atoms with E-state index in [0.29, 0.717) is 25.2 Å². The molecule has 0 aliphatic carbocycles. The van der Waals surface area contributed by atoms with Gasteiger partial charge in [-0.05, 0) is 33.9 Å². The van der Waals surface area contributed by atoms with Gasteiger partial charge in [-0.2, -0.15) is 0 Å². The number of ether oxygens (including phenoxy) is 2. The molecule has 4 nitrogen and oxygen atoms in total. The number of hydrogen-bond acceptors (Lipinski definition) is 4. The summed E-state index contributed by atoms with van der Waals surface area (Å²) < 4.78 is 11.0. The highest BCUT2D eigenvalue weighted by atomic mass is 16.7. The fourth-order valence-electron chi connectivity index (χ4n) is 1.69. The lowest BCUT2D eigenvalue weighted by Crippen LogP contribution is -2.45. The first kappa shape index (κ1) is 16.8. The van der Waals surface area contributed by atoms with Crippen LogP contribution in [0, 0.1) is 5.92 Å². The molecule has 1 unspecified atom stereocenters. The Balaban J connectivity index is 4.06. The van der Waals surface area contributed by atoms with Gasteiger partial charge in [0.25, 0.3) is 0 Å². The largest absolute Gasteiger partial charge is 0.352 e. The minimum absolute atomic E-state index is 0.131. The quantitative estimate of drug-likeness (QED) is 0.593. The van der Waals surface area contributed by atoms with E-state index in [9.17, 15) is 0 Å². The lowest BCUT2D eigenvalue weighted by molar-refractivity contribution is -0.134. The maximum absolute atomic E-state index is 5.52. The monoisotopic (exact) mass is 246 g/mol. The van der Waals surface area contributed by atoms with Gasteiger partial charge in [-0.15, -0.1) is 0 Å². The predicted octanol–water partition coefficient (Wildman–Crippen LogP) is 1.56. The zero-order chi connectivity index (χ0) is 13.3. The topological polar surface area (TPSA) is 33.7 Å². The number of nitrogens with zero attached hydrogens (tertiary/aromatic N) is 1. The van der Waals surface area contributed by atoms with Crippen LogP contribution in [0.5, 0.6) is 0 Å². The molecule has 1 atom stereocenters. The second-order valence-electron chi connectivity index (χ2n) is 4.86. The Morgan fingerprint density at radius 2 is 1.59 bits per heavy atom. The summed E-state index contributed by atoms with van der Waals surface area (Å²) in [5.41, 5.74) is 0. The van der Waals surface area contributed by atoms with Gasteiger partial charge >= 0.3 is 0 Å². The molecule has 4 heteroatoms. The van der Waals surface area contributed by atoms with Gasteiger partial charge in [-0.1, -0.05) is 13.8 Å². The van der Waals surface area contributed by atoms with Crippen LogP contribution in [-0.4, -0.2) is 57.6 Å². The molecular formula is C13H30N2O2. The molecular weight excluding hydrogens is 216 g/mol. The molecule has 0 saturated heterocycles. The van der Waals surface area contributed by atoms with E-state index in [0.717, 1.165) is 13.1 Å². The predicted molar refractivity (Wildman–Crippen MR) is 72.2 cm³/mol. The van der Waals surface area contributed by atoms with Crippen molar-refractivity contribution >= 4 is 0 Å². The van der Waals surface area contributed by atoms with Crippen molar-refractivity contribution in [1.29, 1.82) is 0 Å². The smallest absolute Gasteiger partial charge is 0.169 e. The van der Waals surface area contributed by atoms with Crippen molar-refractivity contribution in [2.45, 2.75) is 40.0 Å². The molecule has 0 saturated carbocycles. The van der Waals surface area contributed by atoms with Crippen LogP contribution in [0.25, 0.3) is 0 Å². The van der Waals surface area contributed by atoms with Crippen LogP contribution in [0.3, 0.4) is 0 Å². The minimum Gasteiger partial charge on any atom is -0.352 e. The molecule has 0 rings (SSSR count). The van der Waals surface area contributed by atoms with Crippen molar-refractivity contribution in [2.75, 3.05) is 40.4 Å². The fourth-order valence-corrected chi connectivity index (χ4v) is 1.69. The van der Waals surface area contributed by atoms with Crippen molar-refractivity contribution < 1.29 is 9.47 Å². The average molecular weight is 246 g/mol. The molecule has 0 aliphatic rings. The van der Waals surface area contributed by atoms with Gasteiger partial charge < -0.3 is 19.7 Å². The molecule has 17 heavy (non-hydrogen) atoms. The summed E-state index contributed by atoms with van der Waals surface area (Å²) in [4.78, 5) is 2.20. The van der Waals surface area contributed by atoms with Crippen LogP contribution < -0.4 is 5.32 Å². The van der Waals surface area contributed by atoms with E-state index < -0.39 is 0 Å². The highest BCUT2D eigenvalue weighted by Crippen LogP contribution is 2.04. The van der Waals surface area contributed by atoms with Gasteiger partial charge in [0.15, 0.2) is 6.29 Å². The van der Waals surface area contributed by atoms with E-state index in [4.69, 9.17) is 9.47 Å². The molecule has 0 bridgehead atoms. The molecule has 0 aromatic rings. The summed E-state index contributed by atoms with van der Waals surface area (Å²) in [5, 5.41) is 3.53. The van der Waals surface area contributed by atoms with E-state index in [-0.39, 0.29) is 6.29 Å². The zero-order valence-electron chi connectivity index (χ0n) is 12.3. The van der Waals surface area contributed by atoms with Crippen molar-refractivity contribution in [3.8, 4) is 0 Å². The molecule has 0 heterocycles. The Kier molecular flexibility index (Phi) is 9.74. The third-order valence-corrected chi connectivity index (χ3v) is 2.62. The first-order chi connectivity index (χ1) is 8.01. The summed E-state index contributed by atoms with van der Waals surface area (Å²) >= 11 is 0. The summed E-state index contributed by atoms with van der Waals surface area (Å²) in [7, 11) is 4.19. The highest BCUT2D eigenvalue weighted by molar-refractivity contribution is 4.73. The Hall–Kier alpha value is -0.160. The van der Waals surface area contributed by atoms with Crippen LogP contribution >= 0.6 is 0 Å². The summed E-state index contributed by atoms with van der Waals surface area (Å²) in [6, 6.07) is 0.466. The van der Waals surface area contributed by atoms with E-state index in [1.807, 2.05) is 13.8 Å². The van der Waals surface area contributed by atoms with Crippen molar-refractivity contribution in [3.05, 3.63) is 0 Å². The fraction of sp³-hybridized carbons (Fsp3) is 1.00. The maximum atomic E-state index is 5.52. The molecule has 104 valence electrons.